The number of rotatable bonds is 3. The summed E-state index contributed by atoms with van der Waals surface area (Å²) in [6.45, 7) is -1.62. The lowest BCUT2D eigenvalue weighted by atomic mass is 10.0. The zero-order valence-electron chi connectivity index (χ0n) is 17.3. The summed E-state index contributed by atoms with van der Waals surface area (Å²) in [5.74, 6) is 0. The molecule has 3 heterocycles. The van der Waals surface area contributed by atoms with E-state index < -0.39 is 41.4 Å². The number of nitrogen functional groups attached to an aromatic ring is 1. The average Bonchev–Trinajstić information content (AvgIpc) is 2.75. The Balaban J connectivity index is 2.09. The van der Waals surface area contributed by atoms with Crippen LogP contribution in [0.25, 0.3) is 27.8 Å². The van der Waals surface area contributed by atoms with Crippen LogP contribution in [0.5, 0.6) is 0 Å². The molecule has 0 saturated heterocycles. The fourth-order valence-corrected chi connectivity index (χ4v) is 3.68. The number of pyridine rings is 3. The summed E-state index contributed by atoms with van der Waals surface area (Å²) in [4.78, 5) is 29.1. The molecule has 0 bridgehead atoms. The predicted molar refractivity (Wildman–Crippen MR) is 118 cm³/mol. The van der Waals surface area contributed by atoms with Crippen molar-refractivity contribution >= 4 is 28.3 Å². The molecule has 2 N–H and O–H groups in total. The topological polar surface area (TPSA) is 82.9 Å². The van der Waals surface area contributed by atoms with Crippen LogP contribution in [-0.2, 0) is 12.7 Å². The summed E-state index contributed by atoms with van der Waals surface area (Å²) in [5.41, 5.74) is 1.82. The summed E-state index contributed by atoms with van der Waals surface area (Å²) in [6.07, 6.45) is -8.73. The lowest BCUT2D eigenvalue weighted by molar-refractivity contribution is -0.141. The number of halogens is 7. The number of hydrogen-bond acceptors (Lipinski definition) is 4. The minimum absolute atomic E-state index is 0.0591. The van der Waals surface area contributed by atoms with Crippen LogP contribution in [0.4, 0.5) is 32.0 Å². The Bertz CT molecular complexity index is 1560. The molecule has 0 radical (unpaired) electrons. The van der Waals surface area contributed by atoms with Crippen molar-refractivity contribution in [3.8, 4) is 16.8 Å². The Morgan fingerprint density at radius 3 is 2.17 bits per heavy atom. The van der Waals surface area contributed by atoms with E-state index in [1.807, 2.05) is 0 Å². The number of aromatic nitrogens is 3. The van der Waals surface area contributed by atoms with Crippen molar-refractivity contribution in [3.05, 3.63) is 86.2 Å². The highest BCUT2D eigenvalue weighted by Gasteiger charge is 2.33. The van der Waals surface area contributed by atoms with E-state index >= 15 is 0 Å². The highest BCUT2D eigenvalue weighted by atomic mass is 35.5. The molecule has 35 heavy (non-hydrogen) atoms. The maximum Gasteiger partial charge on any atom is 0.433 e. The second kappa shape index (κ2) is 8.45. The van der Waals surface area contributed by atoms with Crippen molar-refractivity contribution in [1.29, 1.82) is 0 Å². The Morgan fingerprint density at radius 1 is 0.914 bits per heavy atom. The Hall–Kier alpha value is -3.80. The van der Waals surface area contributed by atoms with Crippen LogP contribution >= 0.6 is 11.6 Å². The molecule has 6 nitrogen and oxygen atoms in total. The largest absolute Gasteiger partial charge is 0.433 e. The third-order valence-electron chi connectivity index (χ3n) is 5.06. The number of anilines is 1. The predicted octanol–water partition coefficient (Wildman–Crippen LogP) is 5.03. The van der Waals surface area contributed by atoms with Crippen molar-refractivity contribution in [3.63, 3.8) is 0 Å². The van der Waals surface area contributed by atoms with Gasteiger partial charge in [-0.3, -0.25) is 14.2 Å². The van der Waals surface area contributed by atoms with Crippen molar-refractivity contribution in [2.24, 2.45) is 0 Å². The normalized spacial score (nSPS) is 12.3. The minimum Gasteiger partial charge on any atom is -0.397 e. The summed E-state index contributed by atoms with van der Waals surface area (Å²) in [7, 11) is 0. The molecule has 4 aromatic rings. The minimum atomic E-state index is -4.82. The van der Waals surface area contributed by atoms with Crippen LogP contribution in [0.15, 0.2) is 64.3 Å². The third-order valence-corrected chi connectivity index (χ3v) is 5.31. The van der Waals surface area contributed by atoms with Crippen LogP contribution in [0.2, 0.25) is 5.02 Å². The second-order valence-electron chi connectivity index (χ2n) is 7.47. The maximum absolute atomic E-state index is 13.6. The van der Waals surface area contributed by atoms with Gasteiger partial charge in [0.15, 0.2) is 0 Å². The molecule has 1 aromatic carbocycles. The monoisotopic (exact) mass is 514 g/mol. The van der Waals surface area contributed by atoms with Gasteiger partial charge < -0.3 is 10.3 Å². The molecule has 0 aliphatic heterocycles. The second-order valence-corrected chi connectivity index (χ2v) is 7.91. The molecule has 0 spiro atoms. The number of hydrogen-bond donors (Lipinski definition) is 1. The van der Waals surface area contributed by atoms with Gasteiger partial charge >= 0.3 is 12.4 Å². The van der Waals surface area contributed by atoms with Crippen LogP contribution in [0, 0.1) is 0 Å². The first-order valence-corrected chi connectivity index (χ1v) is 10.1. The molecular formula is C22H13ClF6N4O2. The fourth-order valence-electron chi connectivity index (χ4n) is 3.55. The quantitative estimate of drug-likeness (QED) is 0.389. The molecule has 0 amide bonds. The lowest BCUT2D eigenvalue weighted by Gasteiger charge is -2.17. The van der Waals surface area contributed by atoms with Gasteiger partial charge in [-0.2, -0.15) is 26.3 Å². The van der Waals surface area contributed by atoms with E-state index in [0.717, 1.165) is 29.0 Å². The van der Waals surface area contributed by atoms with Crippen molar-refractivity contribution in [2.75, 3.05) is 5.73 Å². The zero-order valence-corrected chi connectivity index (χ0v) is 18.0. The summed E-state index contributed by atoms with van der Waals surface area (Å²) in [5, 5.41) is 0.223. The van der Waals surface area contributed by atoms with Crippen molar-refractivity contribution in [2.45, 2.75) is 18.9 Å². The van der Waals surface area contributed by atoms with E-state index in [1.165, 1.54) is 24.3 Å². The van der Waals surface area contributed by atoms with Crippen LogP contribution in [0.1, 0.15) is 5.69 Å². The van der Waals surface area contributed by atoms with E-state index in [1.54, 1.807) is 0 Å². The van der Waals surface area contributed by atoms with Gasteiger partial charge in [0.2, 0.25) is 0 Å². The Labute approximate surface area is 196 Å². The SMILES string of the molecule is Nc1c(-c2ccc(=O)n(CC(F)(F)F)c2)c(=O)n(-c2ccc(Cl)cc2)c2nc(C(F)(F)F)ccc12. The first-order valence-electron chi connectivity index (χ1n) is 9.72. The van der Waals surface area contributed by atoms with Gasteiger partial charge in [0.05, 0.1) is 16.9 Å². The van der Waals surface area contributed by atoms with Gasteiger partial charge in [0.1, 0.15) is 17.9 Å². The standard InChI is InChI=1S/C22H13ClF6N4O2/c23-12-2-4-13(5-3-12)33-19-14(6-7-15(31-19)22(27,28)29)18(30)17(20(33)35)11-1-8-16(34)32(9-11)10-21(24,25)26/h1-9H,10,30H2. The number of nitrogens with two attached hydrogens (primary N) is 1. The highest BCUT2D eigenvalue weighted by Crippen LogP contribution is 2.34. The lowest BCUT2D eigenvalue weighted by Crippen LogP contribution is -2.28. The van der Waals surface area contributed by atoms with Gasteiger partial charge in [-0.15, -0.1) is 0 Å². The van der Waals surface area contributed by atoms with Crippen molar-refractivity contribution < 1.29 is 26.3 Å². The van der Waals surface area contributed by atoms with Gasteiger partial charge in [-0.1, -0.05) is 11.6 Å². The highest BCUT2D eigenvalue weighted by molar-refractivity contribution is 6.30. The molecular weight excluding hydrogens is 502 g/mol. The summed E-state index contributed by atoms with van der Waals surface area (Å²) >= 11 is 5.88. The number of alkyl halides is 6. The maximum atomic E-state index is 13.6. The number of nitrogens with zero attached hydrogens (tertiary/aromatic N) is 3. The molecule has 13 heteroatoms. The molecule has 4 rings (SSSR count). The average molecular weight is 515 g/mol. The van der Waals surface area contributed by atoms with Crippen LogP contribution in [0.3, 0.4) is 0 Å². The van der Waals surface area contributed by atoms with E-state index in [4.69, 9.17) is 17.3 Å². The van der Waals surface area contributed by atoms with E-state index in [-0.39, 0.29) is 32.9 Å². The summed E-state index contributed by atoms with van der Waals surface area (Å²) < 4.78 is 80.0. The zero-order chi connectivity index (χ0) is 25.7. The smallest absolute Gasteiger partial charge is 0.397 e. The van der Waals surface area contributed by atoms with Crippen molar-refractivity contribution in [1.82, 2.24) is 14.1 Å². The first-order chi connectivity index (χ1) is 16.3. The Morgan fingerprint density at radius 2 is 1.57 bits per heavy atom. The molecule has 0 aliphatic carbocycles. The molecule has 182 valence electrons. The first kappa shape index (κ1) is 24.3. The molecule has 0 aliphatic rings. The van der Waals surface area contributed by atoms with E-state index in [2.05, 4.69) is 4.98 Å². The molecule has 3 aromatic heterocycles. The third kappa shape index (κ3) is 4.74. The van der Waals surface area contributed by atoms with Crippen LogP contribution < -0.4 is 16.9 Å². The van der Waals surface area contributed by atoms with Gasteiger partial charge in [0, 0.05) is 28.2 Å². The number of fused-ring (bicyclic) bond motifs is 1. The van der Waals surface area contributed by atoms with E-state index in [9.17, 15) is 35.9 Å². The van der Waals surface area contributed by atoms with Gasteiger partial charge in [-0.05, 0) is 42.5 Å². The van der Waals surface area contributed by atoms with E-state index in [0.29, 0.717) is 10.6 Å². The van der Waals surface area contributed by atoms with Gasteiger partial charge in [-0.25, -0.2) is 4.98 Å². The van der Waals surface area contributed by atoms with Crippen LogP contribution in [-0.4, -0.2) is 20.3 Å². The molecule has 0 atom stereocenters. The summed E-state index contributed by atoms with van der Waals surface area (Å²) in [6, 6.07) is 9.13. The molecule has 0 fully saturated rings. The molecule has 0 unspecified atom stereocenters. The van der Waals surface area contributed by atoms with Gasteiger partial charge in [0.25, 0.3) is 11.1 Å². The Kier molecular flexibility index (Phi) is 5.87. The fraction of sp³-hybridized carbons (Fsp3) is 0.136. The number of benzene rings is 1. The molecule has 0 saturated carbocycles.